The van der Waals surface area contributed by atoms with Gasteiger partial charge < -0.3 is 30.0 Å². The molecule has 3 heterocycles. The third-order valence-corrected chi connectivity index (χ3v) is 11.7. The summed E-state index contributed by atoms with van der Waals surface area (Å²) in [5.41, 5.74) is 2.88. The first-order valence-corrected chi connectivity index (χ1v) is 20.9. The Balaban J connectivity index is 1.14. The summed E-state index contributed by atoms with van der Waals surface area (Å²) in [6, 6.07) is 16.0. The number of ether oxygens (including phenoxy) is 3. The molecule has 7 rings (SSSR count). The van der Waals surface area contributed by atoms with Crippen molar-refractivity contribution in [3.8, 4) is 40.0 Å². The maximum Gasteiger partial charge on any atom is 0.421 e. The number of carbonyl (C=O) groups excluding carboxylic acids is 1. The van der Waals surface area contributed by atoms with E-state index in [1.54, 1.807) is 13.2 Å². The number of allylic oxidation sites excluding steroid dienone is 1. The van der Waals surface area contributed by atoms with E-state index in [0.29, 0.717) is 83.5 Å². The fourth-order valence-corrected chi connectivity index (χ4v) is 8.15. The van der Waals surface area contributed by atoms with Gasteiger partial charge in [-0.2, -0.15) is 18.2 Å². The number of carboxylic acid groups (broad SMARTS) is 1. The van der Waals surface area contributed by atoms with E-state index in [4.69, 9.17) is 42.4 Å². The Hall–Kier alpha value is -5.48. The van der Waals surface area contributed by atoms with E-state index in [2.05, 4.69) is 32.5 Å². The summed E-state index contributed by atoms with van der Waals surface area (Å²) < 4.78 is 62.1. The Morgan fingerprint density at radius 3 is 2.52 bits per heavy atom. The van der Waals surface area contributed by atoms with Gasteiger partial charge in [0.15, 0.2) is 0 Å². The van der Waals surface area contributed by atoms with E-state index in [1.165, 1.54) is 12.4 Å². The fourth-order valence-electron chi connectivity index (χ4n) is 7.66. The van der Waals surface area contributed by atoms with Crippen molar-refractivity contribution < 1.29 is 42.1 Å². The highest BCUT2D eigenvalue weighted by Gasteiger charge is 2.50. The number of methoxy groups -OCH3 is 1. The lowest BCUT2D eigenvalue weighted by atomic mass is 9.94. The Labute approximate surface area is 366 Å². The van der Waals surface area contributed by atoms with Crippen LogP contribution in [0.5, 0.6) is 17.6 Å². The molecule has 12 nitrogen and oxygen atoms in total. The van der Waals surface area contributed by atoms with Crippen molar-refractivity contribution in [1.82, 2.24) is 25.9 Å². The molecule has 4 aromatic rings. The normalized spacial score (nSPS) is 18.1. The number of hydrogen-bond acceptors (Lipinski definition) is 10. The van der Waals surface area contributed by atoms with Crippen LogP contribution in [-0.2, 0) is 35.3 Å². The number of fused-ring (bicyclic) bond motifs is 1. The average molecular weight is 894 g/mol. The third kappa shape index (κ3) is 10.2. The average Bonchev–Trinajstić information content (AvgIpc) is 3.78. The molecular weight excluding hydrogens is 848 g/mol. The minimum atomic E-state index is -4.86. The van der Waals surface area contributed by atoms with E-state index in [-0.39, 0.29) is 43.0 Å². The number of rotatable bonds is 19. The number of nitrogens with zero attached hydrogens (tertiary/aromatic N) is 3. The summed E-state index contributed by atoms with van der Waals surface area (Å²) in [5, 5.41) is 19.6. The number of carbonyl (C=O) groups is 2. The molecule has 2 fully saturated rings. The van der Waals surface area contributed by atoms with Crippen molar-refractivity contribution in [2.75, 3.05) is 20.3 Å². The topological polar surface area (TPSA) is 156 Å². The molecule has 0 spiro atoms. The fraction of sp³-hybridized carbons (Fsp3) is 0.356. The van der Waals surface area contributed by atoms with Gasteiger partial charge in [-0.05, 0) is 60.9 Å². The lowest BCUT2D eigenvalue weighted by molar-refractivity contribution is -0.141. The molecule has 2 aliphatic carbocycles. The summed E-state index contributed by atoms with van der Waals surface area (Å²) >= 11 is 13.3. The molecule has 3 aliphatic rings. The van der Waals surface area contributed by atoms with Crippen LogP contribution in [0.15, 0.2) is 83.5 Å². The number of aliphatic carboxylic acids is 1. The van der Waals surface area contributed by atoms with Crippen molar-refractivity contribution >= 4 is 41.3 Å². The second-order valence-corrected chi connectivity index (χ2v) is 16.0. The molecule has 17 heteroatoms. The molecule has 2 aromatic carbocycles. The van der Waals surface area contributed by atoms with Gasteiger partial charge in [0.25, 0.3) is 0 Å². The van der Waals surface area contributed by atoms with Crippen LogP contribution in [0.4, 0.5) is 13.2 Å². The highest BCUT2D eigenvalue weighted by atomic mass is 35.5. The SMILES string of the molecule is C=CN=C/C(Cl)=C\CCOc1nc(O[C@H]2CCc3c(-c4cccc(-c5ccc(CNC[C@@H]6CCC(=O)N6)c(OC)n5)c4Cl)cccc32)c(C(F)(F)F)cc1CNC1(C(=O)O)CC1. The van der Waals surface area contributed by atoms with Gasteiger partial charge in [0.05, 0.1) is 29.5 Å². The number of halogens is 5. The number of nitrogens with one attached hydrogen (secondary N) is 3. The van der Waals surface area contributed by atoms with E-state index >= 15 is 0 Å². The van der Waals surface area contributed by atoms with Crippen LogP contribution in [0, 0.1) is 0 Å². The number of aromatic nitrogens is 2. The zero-order valence-corrected chi connectivity index (χ0v) is 35.3. The van der Waals surface area contributed by atoms with Crippen LogP contribution >= 0.6 is 23.2 Å². The second-order valence-electron chi connectivity index (χ2n) is 15.2. The summed E-state index contributed by atoms with van der Waals surface area (Å²) in [6.07, 6.45) is 1.79. The van der Waals surface area contributed by atoms with Gasteiger partial charge in [0, 0.05) is 73.2 Å². The summed E-state index contributed by atoms with van der Waals surface area (Å²) in [4.78, 5) is 36.4. The lowest BCUT2D eigenvalue weighted by Crippen LogP contribution is -2.38. The van der Waals surface area contributed by atoms with Crippen molar-refractivity contribution in [1.29, 1.82) is 0 Å². The van der Waals surface area contributed by atoms with Gasteiger partial charge in [-0.3, -0.25) is 19.9 Å². The predicted octanol–water partition coefficient (Wildman–Crippen LogP) is 8.74. The number of hydrogen-bond donors (Lipinski definition) is 4. The van der Waals surface area contributed by atoms with Crippen molar-refractivity contribution in [2.45, 2.75) is 81.9 Å². The standard InChI is InChI=1S/C45H45Cl2F3N6O6/c1-3-51-24-28(46)7-6-20-61-41-27(23-53-44(18-19-44)43(58)59)21-35(45(48,49)50)42(56-41)62-37-16-14-31-30(8-4-9-32(31)37)33-10-5-11-34(39(33)47)36-15-12-26(40(55-36)60-2)22-52-25-29-13-17-38(57)54-29/h3-5,7-12,15,21,24,29,37,52-53H,1,6,13-14,16-20,22-23,25H2,2H3,(H,54,57)(H,58,59)/b28-7+,51-24?/t29-,37-/m0/s1. The third-order valence-electron chi connectivity index (χ3n) is 11.1. The Morgan fingerprint density at radius 1 is 1.03 bits per heavy atom. The maximum absolute atomic E-state index is 14.8. The minimum absolute atomic E-state index is 0.00548. The Bertz CT molecular complexity index is 2410. The number of benzene rings is 2. The van der Waals surface area contributed by atoms with Crippen molar-refractivity contribution in [3.63, 3.8) is 0 Å². The molecule has 4 N–H and O–H groups in total. The zero-order chi connectivity index (χ0) is 44.0. The summed E-state index contributed by atoms with van der Waals surface area (Å²) in [5.74, 6) is -1.38. The quantitative estimate of drug-likeness (QED) is 0.0531. The van der Waals surface area contributed by atoms with Gasteiger partial charge in [0.1, 0.15) is 17.2 Å². The monoisotopic (exact) mass is 892 g/mol. The van der Waals surface area contributed by atoms with Crippen molar-refractivity contribution in [2.24, 2.45) is 4.99 Å². The first kappa shape index (κ1) is 44.6. The predicted molar refractivity (Wildman–Crippen MR) is 230 cm³/mol. The number of amides is 1. The zero-order valence-electron chi connectivity index (χ0n) is 33.8. The highest BCUT2D eigenvalue weighted by molar-refractivity contribution is 6.39. The van der Waals surface area contributed by atoms with Gasteiger partial charge in [-0.15, -0.1) is 0 Å². The molecule has 62 heavy (non-hydrogen) atoms. The lowest BCUT2D eigenvalue weighted by Gasteiger charge is -2.22. The smallest absolute Gasteiger partial charge is 0.421 e. The molecule has 2 aromatic heterocycles. The highest BCUT2D eigenvalue weighted by Crippen LogP contribution is 2.46. The van der Waals surface area contributed by atoms with E-state index in [1.807, 2.05) is 48.5 Å². The minimum Gasteiger partial charge on any atom is -0.481 e. The van der Waals surface area contributed by atoms with Gasteiger partial charge in [0.2, 0.25) is 23.5 Å². The van der Waals surface area contributed by atoms with E-state index < -0.39 is 35.2 Å². The largest absolute Gasteiger partial charge is 0.481 e. The molecule has 1 amide bonds. The first-order valence-electron chi connectivity index (χ1n) is 20.1. The maximum atomic E-state index is 14.8. The van der Waals surface area contributed by atoms with Crippen LogP contribution in [0.25, 0.3) is 22.4 Å². The van der Waals surface area contributed by atoms with E-state index in [9.17, 15) is 27.9 Å². The van der Waals surface area contributed by atoms with Crippen LogP contribution < -0.4 is 30.2 Å². The molecule has 0 unspecified atom stereocenters. The van der Waals surface area contributed by atoms with E-state index in [0.717, 1.165) is 29.2 Å². The number of pyridine rings is 2. The van der Waals surface area contributed by atoms with Crippen molar-refractivity contribution in [3.05, 3.63) is 111 Å². The molecule has 0 bridgehead atoms. The number of aliphatic imine (C=N–C) groups is 1. The Morgan fingerprint density at radius 2 is 1.81 bits per heavy atom. The van der Waals surface area contributed by atoms with Gasteiger partial charge in [-0.25, -0.2) is 4.98 Å². The molecule has 326 valence electrons. The second kappa shape index (κ2) is 19.3. The molecule has 2 atom stereocenters. The van der Waals surface area contributed by atoms with Gasteiger partial charge in [-0.1, -0.05) is 78.3 Å². The molecule has 1 saturated heterocycles. The number of carboxylic acids is 1. The summed E-state index contributed by atoms with van der Waals surface area (Å²) in [7, 11) is 1.55. The summed E-state index contributed by atoms with van der Waals surface area (Å²) in [6.45, 7) is 4.36. The van der Waals surface area contributed by atoms with Crippen LogP contribution in [0.1, 0.15) is 72.4 Å². The molecule has 1 aliphatic heterocycles. The molecular formula is C45H45Cl2F3N6O6. The molecule has 1 saturated carbocycles. The van der Waals surface area contributed by atoms with Gasteiger partial charge >= 0.3 is 12.1 Å². The Kier molecular flexibility index (Phi) is 13.9. The van der Waals surface area contributed by atoms with Crippen LogP contribution in [0.2, 0.25) is 5.02 Å². The molecule has 0 radical (unpaired) electrons. The van der Waals surface area contributed by atoms with Crippen LogP contribution in [0.3, 0.4) is 0 Å². The first-order chi connectivity index (χ1) is 29.8. The number of alkyl halides is 3. The van der Waals surface area contributed by atoms with Crippen LogP contribution in [-0.4, -0.2) is 65.0 Å².